The van der Waals surface area contributed by atoms with Crippen LogP contribution in [0.3, 0.4) is 0 Å². The standard InChI is InChI=1S/C13H27N/c1-10(2)6-13(14)8-11(3)7-12(4,5)9-13/h10-11H,6-9,14H2,1-5H3/t11-,13-/m1/s1. The Bertz CT molecular complexity index is 191. The molecule has 1 fully saturated rings. The van der Waals surface area contributed by atoms with Gasteiger partial charge in [0, 0.05) is 5.54 Å². The van der Waals surface area contributed by atoms with E-state index < -0.39 is 0 Å². The first-order valence-electron chi connectivity index (χ1n) is 6.01. The van der Waals surface area contributed by atoms with Gasteiger partial charge in [-0.15, -0.1) is 0 Å². The Morgan fingerprint density at radius 2 is 1.86 bits per heavy atom. The maximum atomic E-state index is 6.53. The summed E-state index contributed by atoms with van der Waals surface area (Å²) in [6.07, 6.45) is 4.93. The molecule has 0 heterocycles. The van der Waals surface area contributed by atoms with Gasteiger partial charge in [0.1, 0.15) is 0 Å². The highest BCUT2D eigenvalue weighted by molar-refractivity contribution is 4.96. The number of rotatable bonds is 2. The summed E-state index contributed by atoms with van der Waals surface area (Å²) in [7, 11) is 0. The largest absolute Gasteiger partial charge is 0.325 e. The van der Waals surface area contributed by atoms with Crippen LogP contribution in [0.4, 0.5) is 0 Å². The summed E-state index contributed by atoms with van der Waals surface area (Å²) in [6, 6.07) is 0. The van der Waals surface area contributed by atoms with Crippen LogP contribution in [0.1, 0.15) is 60.3 Å². The monoisotopic (exact) mass is 197 g/mol. The first-order valence-corrected chi connectivity index (χ1v) is 6.01. The molecule has 1 aliphatic carbocycles. The molecule has 1 rings (SSSR count). The lowest BCUT2D eigenvalue weighted by Gasteiger charge is -2.46. The summed E-state index contributed by atoms with van der Waals surface area (Å²) >= 11 is 0. The van der Waals surface area contributed by atoms with Crippen LogP contribution < -0.4 is 5.73 Å². The van der Waals surface area contributed by atoms with Gasteiger partial charge in [0.15, 0.2) is 0 Å². The van der Waals surface area contributed by atoms with Gasteiger partial charge in [-0.25, -0.2) is 0 Å². The summed E-state index contributed by atoms with van der Waals surface area (Å²) < 4.78 is 0. The van der Waals surface area contributed by atoms with E-state index >= 15 is 0 Å². The van der Waals surface area contributed by atoms with Gasteiger partial charge in [-0.2, -0.15) is 0 Å². The zero-order valence-electron chi connectivity index (χ0n) is 10.6. The first-order chi connectivity index (χ1) is 6.22. The fourth-order valence-corrected chi connectivity index (χ4v) is 3.78. The molecule has 0 aromatic rings. The van der Waals surface area contributed by atoms with Gasteiger partial charge in [0.05, 0.1) is 0 Å². The zero-order valence-corrected chi connectivity index (χ0v) is 10.6. The van der Waals surface area contributed by atoms with Crippen molar-refractivity contribution in [2.24, 2.45) is 23.0 Å². The van der Waals surface area contributed by atoms with Gasteiger partial charge in [0.2, 0.25) is 0 Å². The lowest BCUT2D eigenvalue weighted by molar-refractivity contribution is 0.0935. The predicted octanol–water partition coefficient (Wildman–Crippen LogP) is 3.58. The van der Waals surface area contributed by atoms with Crippen LogP contribution in [0.25, 0.3) is 0 Å². The molecule has 84 valence electrons. The molecule has 0 amide bonds. The molecule has 0 saturated heterocycles. The molecule has 0 aromatic heterocycles. The molecular formula is C13H27N. The van der Waals surface area contributed by atoms with Crippen LogP contribution in [-0.2, 0) is 0 Å². The molecule has 0 unspecified atom stereocenters. The number of hydrogen-bond donors (Lipinski definition) is 1. The van der Waals surface area contributed by atoms with Gasteiger partial charge in [-0.3, -0.25) is 0 Å². The second-order valence-corrected chi connectivity index (χ2v) is 6.81. The van der Waals surface area contributed by atoms with E-state index in [1.165, 1.54) is 25.7 Å². The maximum absolute atomic E-state index is 6.53. The third-order valence-electron chi connectivity index (χ3n) is 3.30. The Kier molecular flexibility index (Phi) is 3.30. The Balaban J connectivity index is 2.68. The summed E-state index contributed by atoms with van der Waals surface area (Å²) in [5, 5.41) is 0. The van der Waals surface area contributed by atoms with E-state index in [0.29, 0.717) is 5.41 Å². The quantitative estimate of drug-likeness (QED) is 0.719. The number of hydrogen-bond acceptors (Lipinski definition) is 1. The fourth-order valence-electron chi connectivity index (χ4n) is 3.78. The zero-order chi connectivity index (χ0) is 11.0. The third-order valence-corrected chi connectivity index (χ3v) is 3.30. The van der Waals surface area contributed by atoms with E-state index in [9.17, 15) is 0 Å². The van der Waals surface area contributed by atoms with Gasteiger partial charge in [-0.1, -0.05) is 34.6 Å². The van der Waals surface area contributed by atoms with E-state index in [-0.39, 0.29) is 5.54 Å². The second kappa shape index (κ2) is 3.84. The van der Waals surface area contributed by atoms with Crippen LogP contribution in [-0.4, -0.2) is 5.54 Å². The van der Waals surface area contributed by atoms with Crippen molar-refractivity contribution in [2.45, 2.75) is 65.8 Å². The van der Waals surface area contributed by atoms with Crippen LogP contribution in [0, 0.1) is 17.3 Å². The number of nitrogens with two attached hydrogens (primary N) is 1. The molecule has 2 N–H and O–H groups in total. The molecule has 0 bridgehead atoms. The average Bonchev–Trinajstić information content (AvgIpc) is 1.74. The molecule has 1 saturated carbocycles. The highest BCUT2D eigenvalue weighted by atomic mass is 14.8. The minimum absolute atomic E-state index is 0.106. The Morgan fingerprint density at radius 3 is 2.29 bits per heavy atom. The minimum Gasteiger partial charge on any atom is -0.325 e. The van der Waals surface area contributed by atoms with Crippen molar-refractivity contribution in [1.29, 1.82) is 0 Å². The molecule has 0 spiro atoms. The third kappa shape index (κ3) is 3.27. The van der Waals surface area contributed by atoms with E-state index in [1.54, 1.807) is 0 Å². The molecule has 0 aromatic carbocycles. The van der Waals surface area contributed by atoms with E-state index in [4.69, 9.17) is 5.73 Å². The normalized spacial score (nSPS) is 37.5. The van der Waals surface area contributed by atoms with Crippen LogP contribution in [0.5, 0.6) is 0 Å². The van der Waals surface area contributed by atoms with Crippen LogP contribution >= 0.6 is 0 Å². The van der Waals surface area contributed by atoms with Crippen molar-refractivity contribution in [3.63, 3.8) is 0 Å². The minimum atomic E-state index is 0.106. The molecule has 14 heavy (non-hydrogen) atoms. The lowest BCUT2D eigenvalue weighted by atomic mass is 9.63. The van der Waals surface area contributed by atoms with Gasteiger partial charge in [-0.05, 0) is 42.9 Å². The molecule has 0 aliphatic heterocycles. The molecule has 1 heteroatoms. The van der Waals surface area contributed by atoms with Crippen molar-refractivity contribution in [3.8, 4) is 0 Å². The molecule has 1 nitrogen and oxygen atoms in total. The van der Waals surface area contributed by atoms with Gasteiger partial charge >= 0.3 is 0 Å². The smallest absolute Gasteiger partial charge is 0.0164 e. The predicted molar refractivity (Wildman–Crippen MR) is 63.2 cm³/mol. The average molecular weight is 197 g/mol. The SMILES string of the molecule is CC(C)C[C@@]1(N)C[C@H](C)CC(C)(C)C1. The van der Waals surface area contributed by atoms with E-state index in [0.717, 1.165) is 11.8 Å². The fraction of sp³-hybridized carbons (Fsp3) is 1.00. The van der Waals surface area contributed by atoms with Gasteiger partial charge < -0.3 is 5.73 Å². The van der Waals surface area contributed by atoms with Crippen molar-refractivity contribution >= 4 is 0 Å². The van der Waals surface area contributed by atoms with Crippen molar-refractivity contribution in [1.82, 2.24) is 0 Å². The Morgan fingerprint density at radius 1 is 1.29 bits per heavy atom. The summed E-state index contributed by atoms with van der Waals surface area (Å²) in [6.45, 7) is 11.6. The molecule has 0 radical (unpaired) electrons. The Labute approximate surface area is 89.5 Å². The van der Waals surface area contributed by atoms with Gasteiger partial charge in [0.25, 0.3) is 0 Å². The van der Waals surface area contributed by atoms with Crippen LogP contribution in [0.2, 0.25) is 0 Å². The van der Waals surface area contributed by atoms with Crippen molar-refractivity contribution in [3.05, 3.63) is 0 Å². The highest BCUT2D eigenvalue weighted by Gasteiger charge is 2.40. The van der Waals surface area contributed by atoms with E-state index in [2.05, 4.69) is 34.6 Å². The van der Waals surface area contributed by atoms with Crippen molar-refractivity contribution < 1.29 is 0 Å². The summed E-state index contributed by atoms with van der Waals surface area (Å²) in [4.78, 5) is 0. The highest BCUT2D eigenvalue weighted by Crippen LogP contribution is 2.44. The first kappa shape index (κ1) is 12.0. The van der Waals surface area contributed by atoms with Crippen LogP contribution in [0.15, 0.2) is 0 Å². The molecule has 1 aliphatic rings. The maximum Gasteiger partial charge on any atom is 0.0164 e. The molecular weight excluding hydrogens is 170 g/mol. The van der Waals surface area contributed by atoms with Crippen molar-refractivity contribution in [2.75, 3.05) is 0 Å². The van der Waals surface area contributed by atoms with E-state index in [1.807, 2.05) is 0 Å². The summed E-state index contributed by atoms with van der Waals surface area (Å²) in [5.74, 6) is 1.52. The topological polar surface area (TPSA) is 26.0 Å². The molecule has 2 atom stereocenters. The Hall–Kier alpha value is -0.0400. The summed E-state index contributed by atoms with van der Waals surface area (Å²) in [5.41, 5.74) is 7.08. The second-order valence-electron chi connectivity index (χ2n) is 6.81. The lowest BCUT2D eigenvalue weighted by Crippen LogP contribution is -2.49.